The van der Waals surface area contributed by atoms with E-state index in [0.29, 0.717) is 19.1 Å². The SMILES string of the molecule is COC(=O)c1ccc(NC(C)C2CCOCC2)c(F)c1F. The van der Waals surface area contributed by atoms with Crippen LogP contribution in [0.4, 0.5) is 14.5 Å². The third-order valence-corrected chi connectivity index (χ3v) is 3.84. The molecule has 0 aromatic heterocycles. The predicted molar refractivity (Wildman–Crippen MR) is 74.3 cm³/mol. The lowest BCUT2D eigenvalue weighted by molar-refractivity contribution is 0.0593. The Morgan fingerprint density at radius 3 is 2.62 bits per heavy atom. The van der Waals surface area contributed by atoms with Gasteiger partial charge in [-0.05, 0) is 37.8 Å². The highest BCUT2D eigenvalue weighted by atomic mass is 19.2. The molecule has 21 heavy (non-hydrogen) atoms. The maximum absolute atomic E-state index is 14.0. The van der Waals surface area contributed by atoms with E-state index in [1.54, 1.807) is 0 Å². The highest BCUT2D eigenvalue weighted by Gasteiger charge is 2.23. The van der Waals surface area contributed by atoms with E-state index < -0.39 is 23.2 Å². The van der Waals surface area contributed by atoms with Gasteiger partial charge in [0.1, 0.15) is 0 Å². The van der Waals surface area contributed by atoms with Gasteiger partial charge in [-0.2, -0.15) is 0 Å². The van der Waals surface area contributed by atoms with E-state index >= 15 is 0 Å². The molecule has 1 aliphatic rings. The van der Waals surface area contributed by atoms with E-state index in [4.69, 9.17) is 4.74 Å². The Morgan fingerprint density at radius 2 is 2.00 bits per heavy atom. The van der Waals surface area contributed by atoms with Crippen LogP contribution < -0.4 is 5.32 Å². The van der Waals surface area contributed by atoms with Crippen molar-refractivity contribution in [1.29, 1.82) is 0 Å². The minimum absolute atomic E-state index is 0.00761. The Morgan fingerprint density at radius 1 is 1.33 bits per heavy atom. The van der Waals surface area contributed by atoms with Crippen molar-refractivity contribution in [2.75, 3.05) is 25.6 Å². The van der Waals surface area contributed by atoms with E-state index in [1.807, 2.05) is 6.92 Å². The number of hydrogen-bond acceptors (Lipinski definition) is 4. The fourth-order valence-electron chi connectivity index (χ4n) is 2.51. The number of halogens is 2. The predicted octanol–water partition coefficient (Wildman–Crippen LogP) is 2.98. The van der Waals surface area contributed by atoms with Crippen LogP contribution in [0, 0.1) is 17.6 Å². The molecule has 1 aromatic carbocycles. The topological polar surface area (TPSA) is 47.6 Å². The zero-order valence-electron chi connectivity index (χ0n) is 12.1. The zero-order chi connectivity index (χ0) is 15.4. The van der Waals surface area contributed by atoms with Crippen LogP contribution >= 0.6 is 0 Å². The van der Waals surface area contributed by atoms with Gasteiger partial charge in [0.05, 0.1) is 18.4 Å². The summed E-state index contributed by atoms with van der Waals surface area (Å²) in [4.78, 5) is 11.3. The fraction of sp³-hybridized carbons (Fsp3) is 0.533. The van der Waals surface area contributed by atoms with Gasteiger partial charge in [-0.1, -0.05) is 0 Å². The smallest absolute Gasteiger partial charge is 0.340 e. The molecule has 1 unspecified atom stereocenters. The van der Waals surface area contributed by atoms with Crippen LogP contribution in [-0.2, 0) is 9.47 Å². The Labute approximate surface area is 122 Å². The van der Waals surface area contributed by atoms with Crippen LogP contribution in [0.15, 0.2) is 12.1 Å². The largest absolute Gasteiger partial charge is 0.465 e. The quantitative estimate of drug-likeness (QED) is 0.868. The first-order chi connectivity index (χ1) is 10.0. The molecule has 0 spiro atoms. The Balaban J connectivity index is 2.13. The number of anilines is 1. The van der Waals surface area contributed by atoms with Gasteiger partial charge in [0, 0.05) is 19.3 Å². The number of carbonyl (C=O) groups is 1. The molecule has 1 saturated heterocycles. The molecule has 1 aliphatic heterocycles. The van der Waals surface area contributed by atoms with Crippen molar-refractivity contribution in [3.63, 3.8) is 0 Å². The third-order valence-electron chi connectivity index (χ3n) is 3.84. The molecule has 1 aromatic rings. The van der Waals surface area contributed by atoms with Crippen molar-refractivity contribution in [3.05, 3.63) is 29.3 Å². The van der Waals surface area contributed by atoms with Crippen LogP contribution in [0.3, 0.4) is 0 Å². The first kappa shape index (κ1) is 15.7. The normalized spacial score (nSPS) is 17.3. The second kappa shape index (κ2) is 6.85. The van der Waals surface area contributed by atoms with Crippen LogP contribution in [0.2, 0.25) is 0 Å². The second-order valence-electron chi connectivity index (χ2n) is 5.16. The Bertz CT molecular complexity index is 516. The average Bonchev–Trinajstić information content (AvgIpc) is 2.52. The van der Waals surface area contributed by atoms with E-state index in [2.05, 4.69) is 10.1 Å². The van der Waals surface area contributed by atoms with Gasteiger partial charge in [0.2, 0.25) is 0 Å². The maximum Gasteiger partial charge on any atom is 0.340 e. The number of ether oxygens (including phenoxy) is 2. The molecule has 2 rings (SSSR count). The van der Waals surface area contributed by atoms with Gasteiger partial charge in [-0.3, -0.25) is 0 Å². The second-order valence-corrected chi connectivity index (χ2v) is 5.16. The average molecular weight is 299 g/mol. The van der Waals surface area contributed by atoms with Gasteiger partial charge in [-0.25, -0.2) is 13.6 Å². The van der Waals surface area contributed by atoms with Crippen LogP contribution in [0.1, 0.15) is 30.1 Å². The highest BCUT2D eigenvalue weighted by molar-refractivity contribution is 5.90. The molecule has 116 valence electrons. The van der Waals surface area contributed by atoms with Crippen molar-refractivity contribution in [2.24, 2.45) is 5.92 Å². The summed E-state index contributed by atoms with van der Waals surface area (Å²) in [6.45, 7) is 3.31. The molecule has 6 heteroatoms. The molecular formula is C15H19F2NO3. The summed E-state index contributed by atoms with van der Waals surface area (Å²) >= 11 is 0. The Kier molecular flexibility index (Phi) is 5.12. The molecule has 0 aliphatic carbocycles. The summed E-state index contributed by atoms with van der Waals surface area (Å²) in [5.74, 6) is -2.79. The van der Waals surface area contributed by atoms with Crippen molar-refractivity contribution < 1.29 is 23.0 Å². The van der Waals surface area contributed by atoms with E-state index in [1.165, 1.54) is 12.1 Å². The van der Waals surface area contributed by atoms with E-state index in [0.717, 1.165) is 20.0 Å². The zero-order valence-corrected chi connectivity index (χ0v) is 12.1. The molecule has 0 bridgehead atoms. The first-order valence-corrected chi connectivity index (χ1v) is 6.95. The summed E-state index contributed by atoms with van der Waals surface area (Å²) in [6, 6.07) is 2.58. The lowest BCUT2D eigenvalue weighted by atomic mass is 9.92. The summed E-state index contributed by atoms with van der Waals surface area (Å²) in [6.07, 6.45) is 1.77. The number of methoxy groups -OCH3 is 1. The molecule has 0 saturated carbocycles. The van der Waals surface area contributed by atoms with Crippen molar-refractivity contribution in [3.8, 4) is 0 Å². The minimum Gasteiger partial charge on any atom is -0.465 e. The number of esters is 1. The van der Waals surface area contributed by atoms with Crippen molar-refractivity contribution in [2.45, 2.75) is 25.8 Å². The summed E-state index contributed by atoms with van der Waals surface area (Å²) in [5, 5.41) is 2.98. The number of hydrogen-bond donors (Lipinski definition) is 1. The summed E-state index contributed by atoms with van der Waals surface area (Å²) in [5.41, 5.74) is -0.349. The maximum atomic E-state index is 14.0. The number of nitrogens with one attached hydrogen (secondary N) is 1. The van der Waals surface area contributed by atoms with Crippen LogP contribution in [-0.4, -0.2) is 32.3 Å². The monoisotopic (exact) mass is 299 g/mol. The highest BCUT2D eigenvalue weighted by Crippen LogP contribution is 2.26. The van der Waals surface area contributed by atoms with Crippen LogP contribution in [0.25, 0.3) is 0 Å². The molecule has 0 amide bonds. The number of carbonyl (C=O) groups excluding carboxylic acids is 1. The molecule has 0 radical (unpaired) electrons. The first-order valence-electron chi connectivity index (χ1n) is 6.95. The van der Waals surface area contributed by atoms with Gasteiger partial charge >= 0.3 is 5.97 Å². The standard InChI is InChI=1S/C15H19F2NO3/c1-9(10-5-7-21-8-6-10)18-12-4-3-11(15(19)20-2)13(16)14(12)17/h3-4,9-10,18H,5-8H2,1-2H3. The van der Waals surface area contributed by atoms with Gasteiger partial charge in [-0.15, -0.1) is 0 Å². The minimum atomic E-state index is -1.19. The number of benzene rings is 1. The lowest BCUT2D eigenvalue weighted by Gasteiger charge is -2.29. The molecule has 1 fully saturated rings. The third kappa shape index (κ3) is 3.50. The fourth-order valence-corrected chi connectivity index (χ4v) is 2.51. The summed E-state index contributed by atoms with van der Waals surface area (Å²) in [7, 11) is 1.12. The van der Waals surface area contributed by atoms with Gasteiger partial charge in [0.15, 0.2) is 11.6 Å². The molecule has 1 atom stereocenters. The van der Waals surface area contributed by atoms with Crippen LogP contribution in [0.5, 0.6) is 0 Å². The van der Waals surface area contributed by atoms with E-state index in [-0.39, 0.29) is 11.7 Å². The molecular weight excluding hydrogens is 280 g/mol. The van der Waals surface area contributed by atoms with Crippen molar-refractivity contribution in [1.82, 2.24) is 0 Å². The number of rotatable bonds is 4. The lowest BCUT2D eigenvalue weighted by Crippen LogP contribution is -2.31. The Hall–Kier alpha value is -1.69. The van der Waals surface area contributed by atoms with Crippen molar-refractivity contribution >= 4 is 11.7 Å². The van der Waals surface area contributed by atoms with E-state index in [9.17, 15) is 13.6 Å². The molecule has 1 heterocycles. The summed E-state index contributed by atoms with van der Waals surface area (Å²) < 4.78 is 37.6. The molecule has 4 nitrogen and oxygen atoms in total. The van der Waals surface area contributed by atoms with Gasteiger partial charge in [0.25, 0.3) is 0 Å². The molecule has 1 N–H and O–H groups in total. The van der Waals surface area contributed by atoms with Gasteiger partial charge < -0.3 is 14.8 Å².